The van der Waals surface area contributed by atoms with Gasteiger partial charge in [0.05, 0.1) is 5.92 Å². The van der Waals surface area contributed by atoms with Crippen molar-refractivity contribution < 1.29 is 9.53 Å². The number of carbonyl (C=O) groups is 1. The van der Waals surface area contributed by atoms with Gasteiger partial charge in [0.25, 0.3) is 0 Å². The highest BCUT2D eigenvalue weighted by Crippen LogP contribution is 2.65. The third-order valence-electron chi connectivity index (χ3n) is 6.36. The molecule has 1 saturated heterocycles. The summed E-state index contributed by atoms with van der Waals surface area (Å²) < 4.78 is 5.81. The van der Waals surface area contributed by atoms with Gasteiger partial charge in [-0.2, -0.15) is 0 Å². The molecule has 0 unspecified atom stereocenters. The van der Waals surface area contributed by atoms with E-state index in [1.54, 1.807) is 0 Å². The number of allylic oxidation sites excluding steroid dienone is 1. The number of ether oxygens (including phenoxy) is 1. The molecule has 2 nitrogen and oxygen atoms in total. The van der Waals surface area contributed by atoms with Crippen molar-refractivity contribution in [3.8, 4) is 0 Å². The lowest BCUT2D eigenvalue weighted by Gasteiger charge is -2.47. The standard InChI is InChI=1S/C20H23ClO2/c1-19(2)9-6-10-20(3)15(19)11-13-16(20)17(23-18(13)22)12-7-4-5-8-14(12)21/h4-5,7-8,11,13,16-17H,6,9-10H2,1-3H3/t13-,16+,17-,20+/m1/s1. The fraction of sp³-hybridized carbons (Fsp3) is 0.550. The van der Waals surface area contributed by atoms with E-state index in [-0.39, 0.29) is 34.7 Å². The highest BCUT2D eigenvalue weighted by atomic mass is 35.5. The van der Waals surface area contributed by atoms with Crippen LogP contribution in [0.5, 0.6) is 0 Å². The Morgan fingerprint density at radius 1 is 1.17 bits per heavy atom. The third kappa shape index (κ3) is 2.04. The first-order chi connectivity index (χ1) is 10.8. The molecule has 3 heteroatoms. The van der Waals surface area contributed by atoms with Gasteiger partial charge in [0.1, 0.15) is 6.10 Å². The van der Waals surface area contributed by atoms with Gasteiger partial charge in [0.2, 0.25) is 0 Å². The predicted molar refractivity (Wildman–Crippen MR) is 91.1 cm³/mol. The summed E-state index contributed by atoms with van der Waals surface area (Å²) in [6.45, 7) is 6.95. The molecule has 0 aromatic heterocycles. The van der Waals surface area contributed by atoms with E-state index in [0.717, 1.165) is 12.0 Å². The Balaban J connectivity index is 1.82. The Morgan fingerprint density at radius 3 is 2.65 bits per heavy atom. The average Bonchev–Trinajstić information content (AvgIpc) is 2.97. The van der Waals surface area contributed by atoms with Crippen LogP contribution in [0.15, 0.2) is 35.9 Å². The SMILES string of the molecule is CC1(C)CCC[C@@]2(C)C1=C[C@H]1C(=O)O[C@H](c3ccccc3Cl)[C@H]12. The number of fused-ring (bicyclic) bond motifs is 3. The summed E-state index contributed by atoms with van der Waals surface area (Å²) in [6.07, 6.45) is 5.52. The Bertz CT molecular complexity index is 705. The highest BCUT2D eigenvalue weighted by Gasteiger charge is 2.61. The molecule has 1 aromatic rings. The summed E-state index contributed by atoms with van der Waals surface area (Å²) in [5, 5.41) is 0.693. The van der Waals surface area contributed by atoms with Crippen molar-refractivity contribution in [1.29, 1.82) is 0 Å². The topological polar surface area (TPSA) is 26.3 Å². The average molecular weight is 331 g/mol. The number of carbonyl (C=O) groups excluding carboxylic acids is 1. The van der Waals surface area contributed by atoms with Crippen LogP contribution < -0.4 is 0 Å². The normalized spacial score (nSPS) is 37.8. The number of rotatable bonds is 1. The molecule has 3 aliphatic rings. The molecule has 2 fully saturated rings. The van der Waals surface area contributed by atoms with Crippen molar-refractivity contribution >= 4 is 17.6 Å². The second kappa shape index (κ2) is 4.86. The Morgan fingerprint density at radius 2 is 1.91 bits per heavy atom. The van der Waals surface area contributed by atoms with Gasteiger partial charge in [-0.15, -0.1) is 0 Å². The minimum Gasteiger partial charge on any atom is -0.457 e. The molecule has 122 valence electrons. The van der Waals surface area contributed by atoms with Crippen LogP contribution in [0.4, 0.5) is 0 Å². The first-order valence-electron chi connectivity index (χ1n) is 8.52. The van der Waals surface area contributed by atoms with Crippen molar-refractivity contribution in [2.24, 2.45) is 22.7 Å². The largest absolute Gasteiger partial charge is 0.457 e. The van der Waals surface area contributed by atoms with Crippen molar-refractivity contribution in [2.75, 3.05) is 0 Å². The fourth-order valence-corrected chi connectivity index (χ4v) is 5.60. The lowest BCUT2D eigenvalue weighted by molar-refractivity contribution is -0.143. The summed E-state index contributed by atoms with van der Waals surface area (Å²) in [6, 6.07) is 7.77. The van der Waals surface area contributed by atoms with Gasteiger partial charge in [0.15, 0.2) is 0 Å². The minimum absolute atomic E-state index is 0.0302. The summed E-state index contributed by atoms with van der Waals surface area (Å²) in [4.78, 5) is 12.5. The van der Waals surface area contributed by atoms with E-state index in [4.69, 9.17) is 16.3 Å². The second-order valence-electron chi connectivity index (χ2n) is 8.17. The van der Waals surface area contributed by atoms with Crippen LogP contribution in [0.2, 0.25) is 5.02 Å². The summed E-state index contributed by atoms with van der Waals surface area (Å²) >= 11 is 6.41. The van der Waals surface area contributed by atoms with Gasteiger partial charge in [0, 0.05) is 16.5 Å². The number of cyclic esters (lactones) is 1. The Hall–Kier alpha value is -1.28. The van der Waals surface area contributed by atoms with Crippen molar-refractivity contribution in [3.63, 3.8) is 0 Å². The smallest absolute Gasteiger partial charge is 0.313 e. The molecular formula is C20H23ClO2. The van der Waals surface area contributed by atoms with E-state index in [1.807, 2.05) is 24.3 Å². The number of benzene rings is 1. The van der Waals surface area contributed by atoms with Crippen LogP contribution in [0.1, 0.15) is 51.7 Å². The first-order valence-corrected chi connectivity index (χ1v) is 8.90. The molecule has 0 radical (unpaired) electrons. The van der Waals surface area contributed by atoms with E-state index >= 15 is 0 Å². The molecule has 0 spiro atoms. The van der Waals surface area contributed by atoms with E-state index in [2.05, 4.69) is 26.8 Å². The maximum atomic E-state index is 12.5. The van der Waals surface area contributed by atoms with Gasteiger partial charge in [-0.1, -0.05) is 68.6 Å². The van der Waals surface area contributed by atoms with Gasteiger partial charge in [-0.25, -0.2) is 0 Å². The van der Waals surface area contributed by atoms with Crippen molar-refractivity contribution in [2.45, 2.75) is 46.1 Å². The van der Waals surface area contributed by atoms with E-state index in [0.29, 0.717) is 5.02 Å². The van der Waals surface area contributed by atoms with Crippen LogP contribution in [-0.2, 0) is 9.53 Å². The fourth-order valence-electron chi connectivity index (χ4n) is 5.36. The van der Waals surface area contributed by atoms with Crippen LogP contribution >= 0.6 is 11.6 Å². The zero-order valence-electron chi connectivity index (χ0n) is 13.9. The minimum atomic E-state index is -0.228. The van der Waals surface area contributed by atoms with Crippen molar-refractivity contribution in [1.82, 2.24) is 0 Å². The number of esters is 1. The monoisotopic (exact) mass is 330 g/mol. The van der Waals surface area contributed by atoms with Gasteiger partial charge in [-0.05, 0) is 29.7 Å². The maximum absolute atomic E-state index is 12.5. The van der Waals surface area contributed by atoms with Crippen LogP contribution in [0.3, 0.4) is 0 Å². The zero-order chi connectivity index (χ0) is 16.4. The Kier molecular flexibility index (Phi) is 3.22. The van der Waals surface area contributed by atoms with Gasteiger partial charge >= 0.3 is 5.97 Å². The van der Waals surface area contributed by atoms with E-state index in [1.165, 1.54) is 18.4 Å². The molecule has 1 saturated carbocycles. The second-order valence-corrected chi connectivity index (χ2v) is 8.57. The van der Waals surface area contributed by atoms with Crippen LogP contribution in [0.25, 0.3) is 0 Å². The molecule has 1 aromatic carbocycles. The molecule has 0 amide bonds. The third-order valence-corrected chi connectivity index (χ3v) is 6.71. The number of hydrogen-bond acceptors (Lipinski definition) is 2. The molecule has 0 bridgehead atoms. The van der Waals surface area contributed by atoms with Gasteiger partial charge in [-0.3, -0.25) is 4.79 Å². The maximum Gasteiger partial charge on any atom is 0.313 e. The molecule has 4 rings (SSSR count). The molecule has 23 heavy (non-hydrogen) atoms. The van der Waals surface area contributed by atoms with E-state index < -0.39 is 0 Å². The van der Waals surface area contributed by atoms with E-state index in [9.17, 15) is 4.79 Å². The number of halogens is 1. The summed E-state index contributed by atoms with van der Waals surface area (Å²) in [7, 11) is 0. The summed E-state index contributed by atoms with van der Waals surface area (Å²) in [5.41, 5.74) is 2.61. The number of hydrogen-bond donors (Lipinski definition) is 0. The molecule has 1 heterocycles. The zero-order valence-corrected chi connectivity index (χ0v) is 14.7. The quantitative estimate of drug-likeness (QED) is 0.514. The van der Waals surface area contributed by atoms with Gasteiger partial charge < -0.3 is 4.74 Å². The molecule has 1 aliphatic heterocycles. The molecule has 0 N–H and O–H groups in total. The molecular weight excluding hydrogens is 308 g/mol. The Labute approximate surface area is 142 Å². The lowest BCUT2D eigenvalue weighted by Crippen LogP contribution is -2.38. The lowest BCUT2D eigenvalue weighted by atomic mass is 9.57. The first kappa shape index (κ1) is 15.3. The molecule has 2 aliphatic carbocycles. The van der Waals surface area contributed by atoms with Crippen LogP contribution in [-0.4, -0.2) is 5.97 Å². The van der Waals surface area contributed by atoms with Crippen molar-refractivity contribution in [3.05, 3.63) is 46.5 Å². The molecule has 4 atom stereocenters. The highest BCUT2D eigenvalue weighted by molar-refractivity contribution is 6.31. The van der Waals surface area contributed by atoms with Crippen LogP contribution in [0, 0.1) is 22.7 Å². The predicted octanol–water partition coefficient (Wildman–Crippen LogP) is 5.33. The summed E-state index contributed by atoms with van der Waals surface area (Å²) in [5.74, 6) is -0.0306.